The summed E-state index contributed by atoms with van der Waals surface area (Å²) in [5, 5.41) is 7.14. The van der Waals surface area contributed by atoms with Gasteiger partial charge in [-0.15, -0.1) is 0 Å². The first-order chi connectivity index (χ1) is 11.5. The van der Waals surface area contributed by atoms with Crippen LogP contribution in [0.1, 0.15) is 12.0 Å². The predicted octanol–water partition coefficient (Wildman–Crippen LogP) is 2.24. The molecule has 2 aromatic rings. The maximum absolute atomic E-state index is 13.1. The van der Waals surface area contributed by atoms with Crippen LogP contribution in [0.2, 0.25) is 0 Å². The summed E-state index contributed by atoms with van der Waals surface area (Å²) in [7, 11) is 1.77. The van der Waals surface area contributed by atoms with E-state index in [-0.39, 0.29) is 17.5 Å². The highest BCUT2D eigenvalue weighted by Gasteiger charge is 2.48. The summed E-state index contributed by atoms with van der Waals surface area (Å²) in [6.07, 6.45) is 2.40. The quantitative estimate of drug-likeness (QED) is 0.938. The number of amides is 1. The van der Waals surface area contributed by atoms with Gasteiger partial charge in [0.25, 0.3) is 0 Å². The number of nitrogens with one attached hydrogen (secondary N) is 1. The normalized spacial score (nSPS) is 24.1. The van der Waals surface area contributed by atoms with Crippen molar-refractivity contribution in [1.29, 1.82) is 0 Å². The average Bonchev–Trinajstić information content (AvgIpc) is 3.22. The summed E-state index contributed by atoms with van der Waals surface area (Å²) in [6.45, 7) is 2.94. The maximum Gasteiger partial charge on any atom is 0.410 e. The second-order valence-corrected chi connectivity index (χ2v) is 6.64. The lowest BCUT2D eigenvalue weighted by Crippen LogP contribution is -2.37. The van der Waals surface area contributed by atoms with E-state index in [0.29, 0.717) is 13.1 Å². The number of likely N-dealkylation sites (N-methyl/N-ethyl adjacent to an activating group) is 1. The van der Waals surface area contributed by atoms with E-state index in [1.54, 1.807) is 30.3 Å². The molecule has 2 saturated heterocycles. The van der Waals surface area contributed by atoms with Crippen molar-refractivity contribution in [2.45, 2.75) is 18.6 Å². The maximum atomic E-state index is 13.1. The first kappa shape index (κ1) is 15.1. The number of nitrogens with zero attached hydrogens (tertiary/aromatic N) is 3. The van der Waals surface area contributed by atoms with Crippen molar-refractivity contribution in [3.05, 3.63) is 41.8 Å². The SMILES string of the molecule is CN1CC2(CCN(Cc3cn[nH]c3-c3ccc(F)cc3)C2)OC1=O. The first-order valence-electron chi connectivity index (χ1n) is 7.99. The number of rotatable bonds is 3. The smallest absolute Gasteiger partial charge is 0.410 e. The minimum atomic E-state index is -0.383. The molecule has 2 aliphatic heterocycles. The van der Waals surface area contributed by atoms with Gasteiger partial charge in [0.2, 0.25) is 0 Å². The van der Waals surface area contributed by atoms with Crippen LogP contribution in [0, 0.1) is 5.82 Å². The number of carbonyl (C=O) groups excluding carboxylic acids is 1. The van der Waals surface area contributed by atoms with Crippen LogP contribution >= 0.6 is 0 Å². The minimum Gasteiger partial charge on any atom is -0.439 e. The van der Waals surface area contributed by atoms with Gasteiger partial charge in [-0.25, -0.2) is 9.18 Å². The molecule has 0 radical (unpaired) electrons. The van der Waals surface area contributed by atoms with Gasteiger partial charge in [-0.05, 0) is 24.3 Å². The van der Waals surface area contributed by atoms with E-state index in [0.717, 1.165) is 36.3 Å². The second-order valence-electron chi connectivity index (χ2n) is 6.64. The molecule has 1 aromatic carbocycles. The van der Waals surface area contributed by atoms with Crippen molar-refractivity contribution in [1.82, 2.24) is 20.0 Å². The van der Waals surface area contributed by atoms with Gasteiger partial charge >= 0.3 is 6.09 Å². The van der Waals surface area contributed by atoms with E-state index < -0.39 is 0 Å². The molecule has 2 fully saturated rings. The van der Waals surface area contributed by atoms with Crippen molar-refractivity contribution in [2.24, 2.45) is 0 Å². The molecule has 2 aliphatic rings. The zero-order valence-corrected chi connectivity index (χ0v) is 13.5. The number of halogens is 1. The van der Waals surface area contributed by atoms with Gasteiger partial charge < -0.3 is 9.64 Å². The van der Waals surface area contributed by atoms with Gasteiger partial charge in [0.1, 0.15) is 11.4 Å². The Balaban J connectivity index is 1.49. The molecular formula is C17H19FN4O2. The zero-order chi connectivity index (χ0) is 16.7. The monoisotopic (exact) mass is 330 g/mol. The number of aromatic amines is 1. The number of hydrogen-bond acceptors (Lipinski definition) is 4. The molecule has 1 amide bonds. The molecule has 4 rings (SSSR count). The number of aromatic nitrogens is 2. The summed E-state index contributed by atoms with van der Waals surface area (Å²) in [5.41, 5.74) is 2.48. The highest BCUT2D eigenvalue weighted by Crippen LogP contribution is 2.33. The van der Waals surface area contributed by atoms with E-state index in [1.807, 2.05) is 0 Å². The summed E-state index contributed by atoms with van der Waals surface area (Å²) in [5.74, 6) is -0.256. The standard InChI is InChI=1S/C17H19FN4O2/c1-21-10-17(24-16(21)23)6-7-22(11-17)9-13-8-19-20-15(13)12-2-4-14(18)5-3-12/h2-5,8H,6-7,9-11H2,1H3,(H,19,20). The molecule has 6 nitrogen and oxygen atoms in total. The van der Waals surface area contributed by atoms with Crippen molar-refractivity contribution < 1.29 is 13.9 Å². The van der Waals surface area contributed by atoms with Crippen LogP contribution in [0.5, 0.6) is 0 Å². The van der Waals surface area contributed by atoms with Crippen molar-refractivity contribution in [3.63, 3.8) is 0 Å². The van der Waals surface area contributed by atoms with Crippen molar-refractivity contribution in [2.75, 3.05) is 26.7 Å². The average molecular weight is 330 g/mol. The summed E-state index contributed by atoms with van der Waals surface area (Å²) in [4.78, 5) is 15.6. The van der Waals surface area contributed by atoms with Crippen LogP contribution in [0.15, 0.2) is 30.5 Å². The molecule has 0 bridgehead atoms. The molecule has 7 heteroatoms. The Morgan fingerprint density at radius 2 is 2.12 bits per heavy atom. The largest absolute Gasteiger partial charge is 0.439 e. The Kier molecular flexibility index (Phi) is 3.53. The highest BCUT2D eigenvalue weighted by molar-refractivity contribution is 5.70. The van der Waals surface area contributed by atoms with Gasteiger partial charge in [0.15, 0.2) is 0 Å². The van der Waals surface area contributed by atoms with E-state index in [4.69, 9.17) is 4.74 Å². The van der Waals surface area contributed by atoms with E-state index in [1.165, 1.54) is 12.1 Å². The van der Waals surface area contributed by atoms with Crippen LogP contribution in [0.3, 0.4) is 0 Å². The molecular weight excluding hydrogens is 311 g/mol. The van der Waals surface area contributed by atoms with Crippen molar-refractivity contribution in [3.8, 4) is 11.3 Å². The first-order valence-corrected chi connectivity index (χ1v) is 7.99. The fourth-order valence-electron chi connectivity index (χ4n) is 3.61. The molecule has 1 atom stereocenters. The molecule has 0 aliphatic carbocycles. The molecule has 24 heavy (non-hydrogen) atoms. The van der Waals surface area contributed by atoms with Crippen LogP contribution in [0.25, 0.3) is 11.3 Å². The summed E-state index contributed by atoms with van der Waals surface area (Å²) < 4.78 is 18.7. The number of likely N-dealkylation sites (tertiary alicyclic amines) is 1. The summed E-state index contributed by atoms with van der Waals surface area (Å²) >= 11 is 0. The fraction of sp³-hybridized carbons (Fsp3) is 0.412. The van der Waals surface area contributed by atoms with Crippen LogP contribution in [-0.4, -0.2) is 58.4 Å². The van der Waals surface area contributed by atoms with Gasteiger partial charge in [-0.2, -0.15) is 5.10 Å². The molecule has 1 unspecified atom stereocenters. The van der Waals surface area contributed by atoms with Gasteiger partial charge in [-0.3, -0.25) is 10.00 Å². The molecule has 126 valence electrons. The number of carbonyl (C=O) groups is 1. The summed E-state index contributed by atoms with van der Waals surface area (Å²) in [6, 6.07) is 6.37. The van der Waals surface area contributed by atoms with Gasteiger partial charge in [0.05, 0.1) is 18.4 Å². The third kappa shape index (κ3) is 2.65. The lowest BCUT2D eigenvalue weighted by molar-refractivity contribution is 0.0627. The molecule has 3 heterocycles. The minimum absolute atomic E-state index is 0.243. The van der Waals surface area contributed by atoms with Crippen LogP contribution in [-0.2, 0) is 11.3 Å². The highest BCUT2D eigenvalue weighted by atomic mass is 19.1. The van der Waals surface area contributed by atoms with Crippen molar-refractivity contribution >= 4 is 6.09 Å². The lowest BCUT2D eigenvalue weighted by atomic mass is 10.0. The third-order valence-corrected chi connectivity index (χ3v) is 4.78. The van der Waals surface area contributed by atoms with Gasteiger partial charge in [-0.1, -0.05) is 0 Å². The fourth-order valence-corrected chi connectivity index (χ4v) is 3.61. The Morgan fingerprint density at radius 3 is 2.83 bits per heavy atom. The Labute approximate surface area is 139 Å². The second kappa shape index (κ2) is 5.59. The third-order valence-electron chi connectivity index (χ3n) is 4.78. The van der Waals surface area contributed by atoms with Crippen LogP contribution in [0.4, 0.5) is 9.18 Å². The molecule has 0 saturated carbocycles. The number of ether oxygens (including phenoxy) is 1. The Hall–Kier alpha value is -2.41. The van der Waals surface area contributed by atoms with E-state index >= 15 is 0 Å². The van der Waals surface area contributed by atoms with Gasteiger partial charge in [0, 0.05) is 44.2 Å². The topological polar surface area (TPSA) is 61.5 Å². The van der Waals surface area contributed by atoms with Crippen LogP contribution < -0.4 is 0 Å². The molecule has 1 spiro atoms. The number of H-pyrrole nitrogens is 1. The number of hydrogen-bond donors (Lipinski definition) is 1. The zero-order valence-electron chi connectivity index (χ0n) is 13.5. The molecule has 1 N–H and O–H groups in total. The van der Waals surface area contributed by atoms with E-state index in [9.17, 15) is 9.18 Å². The van der Waals surface area contributed by atoms with E-state index in [2.05, 4.69) is 15.1 Å². The number of benzene rings is 1. The molecule has 1 aromatic heterocycles. The Morgan fingerprint density at radius 1 is 1.33 bits per heavy atom. The lowest BCUT2D eigenvalue weighted by Gasteiger charge is -2.21. The predicted molar refractivity (Wildman–Crippen MR) is 85.7 cm³/mol. The Bertz CT molecular complexity index is 760.